The molecule has 0 saturated carbocycles. The van der Waals surface area contributed by atoms with Crippen LogP contribution >= 0.6 is 0 Å². The van der Waals surface area contributed by atoms with Crippen LogP contribution < -0.4 is 9.47 Å². The van der Waals surface area contributed by atoms with Crippen LogP contribution in [0, 0.1) is 10.1 Å². The fourth-order valence-corrected chi connectivity index (χ4v) is 5.21. The molecule has 9 nitrogen and oxygen atoms in total. The third-order valence-electron chi connectivity index (χ3n) is 5.54. The average molecular weight is 433 g/mol. The Kier molecular flexibility index (Phi) is 5.63. The highest BCUT2D eigenvalue weighted by Gasteiger charge is 2.31. The molecular formula is C20H23N3O6S. The lowest BCUT2D eigenvalue weighted by molar-refractivity contribution is -0.385. The molecule has 0 radical (unpaired) electrons. The van der Waals surface area contributed by atoms with Gasteiger partial charge < -0.3 is 9.47 Å². The summed E-state index contributed by atoms with van der Waals surface area (Å²) >= 11 is 0. The van der Waals surface area contributed by atoms with Gasteiger partial charge in [-0.25, -0.2) is 8.42 Å². The van der Waals surface area contributed by atoms with Crippen molar-refractivity contribution >= 4 is 15.7 Å². The number of sulfonamides is 1. The Morgan fingerprint density at radius 2 is 1.70 bits per heavy atom. The molecule has 0 spiro atoms. The molecule has 4 rings (SSSR count). The summed E-state index contributed by atoms with van der Waals surface area (Å²) in [6, 6.07) is 11.2. The van der Waals surface area contributed by atoms with E-state index in [0.29, 0.717) is 50.9 Å². The van der Waals surface area contributed by atoms with Crippen LogP contribution in [0.5, 0.6) is 11.5 Å². The fourth-order valence-electron chi connectivity index (χ4n) is 3.77. The second-order valence-corrected chi connectivity index (χ2v) is 9.21. The number of rotatable bonds is 5. The zero-order valence-corrected chi connectivity index (χ0v) is 17.4. The largest absolute Gasteiger partial charge is 0.486 e. The third-order valence-corrected chi connectivity index (χ3v) is 7.43. The normalized spacial score (nSPS) is 18.7. The minimum atomic E-state index is -3.65. The minimum absolute atomic E-state index is 0.0518. The molecule has 30 heavy (non-hydrogen) atoms. The number of nitrogens with zero attached hydrogens (tertiary/aromatic N) is 3. The third kappa shape index (κ3) is 3.98. The molecule has 1 fully saturated rings. The van der Waals surface area contributed by atoms with E-state index in [0.717, 1.165) is 5.56 Å². The lowest BCUT2D eigenvalue weighted by Gasteiger charge is -2.37. The molecule has 0 bridgehead atoms. The predicted molar refractivity (Wildman–Crippen MR) is 109 cm³/mol. The first-order valence-electron chi connectivity index (χ1n) is 9.74. The number of nitro benzene ring substituents is 1. The van der Waals surface area contributed by atoms with E-state index in [1.54, 1.807) is 24.3 Å². The van der Waals surface area contributed by atoms with E-state index >= 15 is 0 Å². The molecule has 0 unspecified atom stereocenters. The minimum Gasteiger partial charge on any atom is -0.486 e. The van der Waals surface area contributed by atoms with Gasteiger partial charge in [0.25, 0.3) is 5.69 Å². The van der Waals surface area contributed by atoms with Crippen molar-refractivity contribution in [3.63, 3.8) is 0 Å². The van der Waals surface area contributed by atoms with Gasteiger partial charge in [0.05, 0.1) is 9.82 Å². The molecule has 0 aromatic heterocycles. The van der Waals surface area contributed by atoms with E-state index in [1.165, 1.54) is 16.4 Å². The van der Waals surface area contributed by atoms with Crippen LogP contribution in [-0.2, 0) is 10.0 Å². The second-order valence-electron chi connectivity index (χ2n) is 7.27. The molecule has 2 aliphatic rings. The summed E-state index contributed by atoms with van der Waals surface area (Å²) in [6.45, 7) is 4.58. The number of non-ortho nitro benzene ring substituents is 1. The van der Waals surface area contributed by atoms with Crippen molar-refractivity contribution in [3.8, 4) is 11.5 Å². The molecule has 2 aromatic carbocycles. The quantitative estimate of drug-likeness (QED) is 0.527. The highest BCUT2D eigenvalue weighted by atomic mass is 32.2. The first-order chi connectivity index (χ1) is 14.4. The van der Waals surface area contributed by atoms with E-state index < -0.39 is 14.9 Å². The van der Waals surface area contributed by atoms with Crippen molar-refractivity contribution in [1.29, 1.82) is 0 Å². The number of fused-ring (bicyclic) bond motifs is 1. The molecule has 2 aromatic rings. The van der Waals surface area contributed by atoms with Crippen LogP contribution in [0.15, 0.2) is 47.4 Å². The van der Waals surface area contributed by atoms with Crippen molar-refractivity contribution in [2.45, 2.75) is 17.9 Å². The van der Waals surface area contributed by atoms with E-state index in [1.807, 2.05) is 13.0 Å². The van der Waals surface area contributed by atoms with Crippen molar-refractivity contribution in [2.24, 2.45) is 0 Å². The topological polar surface area (TPSA) is 102 Å². The lowest BCUT2D eigenvalue weighted by atomic mass is 10.1. The Morgan fingerprint density at radius 3 is 2.40 bits per heavy atom. The molecule has 2 heterocycles. The predicted octanol–water partition coefficient (Wildman–Crippen LogP) is 2.43. The van der Waals surface area contributed by atoms with E-state index in [2.05, 4.69) is 4.90 Å². The first kappa shape index (κ1) is 20.6. The first-order valence-corrected chi connectivity index (χ1v) is 11.2. The van der Waals surface area contributed by atoms with Crippen molar-refractivity contribution in [3.05, 3.63) is 58.1 Å². The van der Waals surface area contributed by atoms with Crippen LogP contribution in [0.3, 0.4) is 0 Å². The van der Waals surface area contributed by atoms with Crippen LogP contribution in [0.1, 0.15) is 18.5 Å². The zero-order chi connectivity index (χ0) is 21.3. The van der Waals surface area contributed by atoms with Crippen molar-refractivity contribution < 1.29 is 22.8 Å². The molecule has 0 amide bonds. The van der Waals surface area contributed by atoms with Crippen LogP contribution in [0.4, 0.5) is 5.69 Å². The molecule has 10 heteroatoms. The van der Waals surface area contributed by atoms with E-state index in [-0.39, 0.29) is 16.6 Å². The average Bonchev–Trinajstić information content (AvgIpc) is 2.78. The van der Waals surface area contributed by atoms with E-state index in [4.69, 9.17) is 9.47 Å². The molecule has 1 atom stereocenters. The SMILES string of the molecule is C[C@H](c1cccc([N+](=O)[O-])c1)N1CCN(S(=O)(=O)c2ccc3c(c2)OCCO3)CC1. The highest BCUT2D eigenvalue weighted by Crippen LogP contribution is 2.33. The maximum atomic E-state index is 13.1. The van der Waals surface area contributed by atoms with Gasteiger partial charge in [0.1, 0.15) is 13.2 Å². The number of nitro groups is 1. The Balaban J connectivity index is 1.45. The zero-order valence-electron chi connectivity index (χ0n) is 16.6. The monoisotopic (exact) mass is 433 g/mol. The van der Waals surface area contributed by atoms with Crippen molar-refractivity contribution in [1.82, 2.24) is 9.21 Å². The van der Waals surface area contributed by atoms with Crippen LogP contribution in [-0.4, -0.2) is 61.9 Å². The lowest BCUT2D eigenvalue weighted by Crippen LogP contribution is -2.49. The summed E-state index contributed by atoms with van der Waals surface area (Å²) in [5.74, 6) is 0.996. The highest BCUT2D eigenvalue weighted by molar-refractivity contribution is 7.89. The Bertz CT molecular complexity index is 1050. The Hall–Kier alpha value is -2.69. The van der Waals surface area contributed by atoms with Gasteiger partial charge in [0, 0.05) is 50.4 Å². The second kappa shape index (κ2) is 8.21. The molecule has 160 valence electrons. The number of piperazine rings is 1. The standard InChI is InChI=1S/C20H23N3O6S/c1-15(16-3-2-4-17(13-16)23(24)25)21-7-9-22(10-8-21)30(26,27)18-5-6-19-20(14-18)29-12-11-28-19/h2-6,13-15H,7-12H2,1H3/t15-/m1/s1. The summed E-state index contributed by atoms with van der Waals surface area (Å²) in [6.07, 6.45) is 0. The van der Waals surface area contributed by atoms with Gasteiger partial charge in [-0.15, -0.1) is 0 Å². The van der Waals surface area contributed by atoms with Gasteiger partial charge in [-0.05, 0) is 24.6 Å². The summed E-state index contributed by atoms with van der Waals surface area (Å²) in [5, 5.41) is 11.0. The van der Waals surface area contributed by atoms with Crippen LogP contribution in [0.2, 0.25) is 0 Å². The number of ether oxygens (including phenoxy) is 2. The van der Waals surface area contributed by atoms with Gasteiger partial charge in [-0.1, -0.05) is 12.1 Å². The van der Waals surface area contributed by atoms with E-state index in [9.17, 15) is 18.5 Å². The van der Waals surface area contributed by atoms with Gasteiger partial charge in [0.2, 0.25) is 10.0 Å². The smallest absolute Gasteiger partial charge is 0.269 e. The van der Waals surface area contributed by atoms with Crippen molar-refractivity contribution in [2.75, 3.05) is 39.4 Å². The fraction of sp³-hybridized carbons (Fsp3) is 0.400. The molecule has 0 N–H and O–H groups in total. The number of hydrogen-bond acceptors (Lipinski definition) is 7. The van der Waals surface area contributed by atoms with Gasteiger partial charge >= 0.3 is 0 Å². The van der Waals surface area contributed by atoms with Crippen LogP contribution in [0.25, 0.3) is 0 Å². The summed E-state index contributed by atoms with van der Waals surface area (Å²) < 4.78 is 38.6. The summed E-state index contributed by atoms with van der Waals surface area (Å²) in [7, 11) is -3.65. The summed E-state index contributed by atoms with van der Waals surface area (Å²) in [4.78, 5) is 12.9. The Morgan fingerprint density at radius 1 is 1.00 bits per heavy atom. The maximum absolute atomic E-state index is 13.1. The molecule has 1 saturated heterocycles. The summed E-state index contributed by atoms with van der Waals surface area (Å²) in [5.41, 5.74) is 0.895. The number of benzene rings is 2. The van der Waals surface area contributed by atoms with Gasteiger partial charge in [-0.3, -0.25) is 15.0 Å². The maximum Gasteiger partial charge on any atom is 0.269 e. The molecule has 2 aliphatic heterocycles. The molecular weight excluding hydrogens is 410 g/mol. The molecule has 0 aliphatic carbocycles. The van der Waals surface area contributed by atoms with Gasteiger partial charge in [-0.2, -0.15) is 4.31 Å². The number of hydrogen-bond donors (Lipinski definition) is 0. The van der Waals surface area contributed by atoms with Gasteiger partial charge in [0.15, 0.2) is 11.5 Å². The Labute approximate surface area is 175 Å².